The molecular weight excluding hydrogens is 776 g/mol. The van der Waals surface area contributed by atoms with Crippen LogP contribution in [0.15, 0.2) is 66.9 Å². The van der Waals surface area contributed by atoms with E-state index in [1.807, 2.05) is 61.1 Å². The number of carbonyl (C=O) groups excluding carboxylic acids is 2. The Balaban J connectivity index is 1.27. The van der Waals surface area contributed by atoms with Gasteiger partial charge in [-0.05, 0) is 94.4 Å². The van der Waals surface area contributed by atoms with Crippen molar-refractivity contribution in [1.29, 1.82) is 0 Å². The van der Waals surface area contributed by atoms with Crippen molar-refractivity contribution in [3.8, 4) is 22.8 Å². The minimum Gasteiger partial charge on any atom is -0.465 e. The number of nitrogens with zero attached hydrogens (tertiary/aromatic N) is 5. The van der Waals surface area contributed by atoms with E-state index in [4.69, 9.17) is 32.7 Å². The van der Waals surface area contributed by atoms with Gasteiger partial charge < -0.3 is 44.5 Å². The van der Waals surface area contributed by atoms with Gasteiger partial charge in [-0.2, -0.15) is 0 Å². The normalized spacial score (nSPS) is 16.6. The first-order valence-electron chi connectivity index (χ1n) is 18.5. The highest BCUT2D eigenvalue weighted by Crippen LogP contribution is 2.34. The number of rotatable bonds is 16. The van der Waals surface area contributed by atoms with Crippen LogP contribution < -0.4 is 15.4 Å². The third-order valence-electron chi connectivity index (χ3n) is 10.3. The summed E-state index contributed by atoms with van der Waals surface area (Å²) in [6, 6.07) is 15.2. The maximum absolute atomic E-state index is 15.4. The highest BCUT2D eigenvalue weighted by atomic mass is 35.5. The summed E-state index contributed by atoms with van der Waals surface area (Å²) in [6.45, 7) is 2.48. The summed E-state index contributed by atoms with van der Waals surface area (Å²) in [6.07, 6.45) is 2.19. The van der Waals surface area contributed by atoms with Crippen molar-refractivity contribution in [2.24, 2.45) is 7.05 Å². The Hall–Kier alpha value is -4.73. The summed E-state index contributed by atoms with van der Waals surface area (Å²) in [5.41, 5.74) is 1.98. The van der Waals surface area contributed by atoms with E-state index in [0.717, 1.165) is 22.6 Å². The number of hydrogen-bond acceptors (Lipinski definition) is 8. The number of amides is 3. The molecule has 2 heterocycles. The summed E-state index contributed by atoms with van der Waals surface area (Å²) in [4.78, 5) is 49.3. The van der Waals surface area contributed by atoms with Gasteiger partial charge in [-0.3, -0.25) is 9.59 Å². The number of imidazole rings is 1. The Labute approximate surface area is 342 Å². The average Bonchev–Trinajstić information content (AvgIpc) is 3.53. The summed E-state index contributed by atoms with van der Waals surface area (Å²) in [5, 5.41) is 16.4. The molecule has 1 fully saturated rings. The fourth-order valence-corrected chi connectivity index (χ4v) is 7.38. The molecule has 0 aliphatic carbocycles. The Bertz CT molecular complexity index is 2030. The van der Waals surface area contributed by atoms with Crippen molar-refractivity contribution < 1.29 is 33.4 Å². The number of carboxylic acid groups (broad SMARTS) is 1. The van der Waals surface area contributed by atoms with Crippen molar-refractivity contribution in [3.63, 3.8) is 0 Å². The molecule has 306 valence electrons. The van der Waals surface area contributed by atoms with Gasteiger partial charge in [-0.1, -0.05) is 35.3 Å². The number of piperidine rings is 1. The summed E-state index contributed by atoms with van der Waals surface area (Å²) < 4.78 is 28.9. The third kappa shape index (κ3) is 10.8. The molecule has 0 spiro atoms. The molecule has 16 heteroatoms. The number of likely N-dealkylation sites (tertiary alicyclic amines) is 1. The second-order valence-corrected chi connectivity index (χ2v) is 15.6. The molecule has 3 amide bonds. The van der Waals surface area contributed by atoms with Crippen molar-refractivity contribution in [3.05, 3.63) is 99.7 Å². The van der Waals surface area contributed by atoms with Gasteiger partial charge in [0.2, 0.25) is 11.8 Å². The van der Waals surface area contributed by atoms with Crippen LogP contribution in [0.25, 0.3) is 11.3 Å². The largest absolute Gasteiger partial charge is 0.465 e. The van der Waals surface area contributed by atoms with Crippen LogP contribution in [0, 0.1) is 5.82 Å². The number of ether oxygens (including phenoxy) is 2. The van der Waals surface area contributed by atoms with Gasteiger partial charge >= 0.3 is 6.09 Å². The fraction of sp³-hybridized carbons (Fsp3) is 0.415. The van der Waals surface area contributed by atoms with Gasteiger partial charge in [0.05, 0.1) is 36.6 Å². The van der Waals surface area contributed by atoms with Gasteiger partial charge in [-0.25, -0.2) is 14.2 Å². The Morgan fingerprint density at radius 3 is 2.40 bits per heavy atom. The molecule has 1 aromatic heterocycles. The zero-order valence-corrected chi connectivity index (χ0v) is 34.5. The molecule has 3 aromatic carbocycles. The maximum Gasteiger partial charge on any atom is 0.407 e. The molecule has 0 bridgehead atoms. The van der Waals surface area contributed by atoms with Gasteiger partial charge in [0.15, 0.2) is 0 Å². The lowest BCUT2D eigenvalue weighted by atomic mass is 9.81. The average molecular weight is 827 g/mol. The summed E-state index contributed by atoms with van der Waals surface area (Å²) in [5.74, 6) is -0.0549. The smallest absolute Gasteiger partial charge is 0.407 e. The SMILES string of the molecule is COCC(NC(=O)C(C)NCc1c(F)cc(Cl)cc1Oc1ccc(-c2cnc(CN(C)C)n2C)cc1)C(=O)N(C)C1(Cc2ccc(Cl)cc2)CCCN(C(=O)O)C1. The molecule has 57 heavy (non-hydrogen) atoms. The highest BCUT2D eigenvalue weighted by Gasteiger charge is 2.44. The number of methoxy groups -OCH3 is 1. The number of halogens is 3. The molecule has 3 unspecified atom stereocenters. The predicted octanol–water partition coefficient (Wildman–Crippen LogP) is 6.21. The number of benzene rings is 3. The zero-order chi connectivity index (χ0) is 41.4. The molecule has 4 aromatic rings. The number of aromatic nitrogens is 2. The van der Waals surface area contributed by atoms with Crippen LogP contribution in [0.4, 0.5) is 9.18 Å². The summed E-state index contributed by atoms with van der Waals surface area (Å²) >= 11 is 12.4. The van der Waals surface area contributed by atoms with E-state index < -0.39 is 41.3 Å². The van der Waals surface area contributed by atoms with E-state index in [-0.39, 0.29) is 36.0 Å². The Kier molecular flexibility index (Phi) is 14.6. The van der Waals surface area contributed by atoms with Gasteiger partial charge in [-0.15, -0.1) is 0 Å². The Morgan fingerprint density at radius 1 is 1.05 bits per heavy atom. The van der Waals surface area contributed by atoms with E-state index in [9.17, 15) is 19.5 Å². The van der Waals surface area contributed by atoms with E-state index in [1.165, 1.54) is 29.0 Å². The van der Waals surface area contributed by atoms with Crippen LogP contribution >= 0.6 is 23.2 Å². The monoisotopic (exact) mass is 825 g/mol. The first kappa shape index (κ1) is 43.4. The van der Waals surface area contributed by atoms with Crippen molar-refractivity contribution in [2.45, 2.75) is 56.9 Å². The van der Waals surface area contributed by atoms with Gasteiger partial charge in [0, 0.05) is 62.0 Å². The van der Waals surface area contributed by atoms with Crippen LogP contribution in [-0.2, 0) is 40.9 Å². The van der Waals surface area contributed by atoms with E-state index in [1.54, 1.807) is 38.2 Å². The first-order chi connectivity index (χ1) is 27.1. The molecule has 1 aliphatic heterocycles. The van der Waals surface area contributed by atoms with E-state index >= 15 is 4.39 Å². The third-order valence-corrected chi connectivity index (χ3v) is 10.8. The van der Waals surface area contributed by atoms with Gasteiger partial charge in [0.1, 0.15) is 29.2 Å². The standard InChI is InChI=1S/C41H50Cl2FN7O6/c1-26(38(52)47-34(24-56-6)39(53)50(5)41(16-7-17-51(25-41)40(54)55)20-27-8-12-29(42)13-9-27)45-21-32-33(44)18-30(43)19-36(32)57-31-14-10-28(11-15-31)35-22-46-37(49(35)4)23-48(2)3/h8-15,18-19,22,26,34,45H,7,16-17,20-21,23-25H2,1-6H3,(H,47,52)(H,54,55). The number of carbonyl (C=O) groups is 3. The molecule has 0 radical (unpaired) electrons. The quantitative estimate of drug-likeness (QED) is 0.120. The predicted molar refractivity (Wildman–Crippen MR) is 217 cm³/mol. The molecule has 3 atom stereocenters. The number of hydrogen-bond donors (Lipinski definition) is 3. The topological polar surface area (TPSA) is 141 Å². The minimum atomic E-state index is -1.10. The lowest BCUT2D eigenvalue weighted by Crippen LogP contribution is -2.64. The first-order valence-corrected chi connectivity index (χ1v) is 19.3. The minimum absolute atomic E-state index is 0.0856. The second-order valence-electron chi connectivity index (χ2n) is 14.7. The van der Waals surface area contributed by atoms with Crippen molar-refractivity contribution >= 4 is 41.1 Å². The van der Waals surface area contributed by atoms with Crippen LogP contribution in [-0.4, -0.2) is 113 Å². The van der Waals surface area contributed by atoms with Crippen molar-refractivity contribution in [2.75, 3.05) is 47.9 Å². The van der Waals surface area contributed by atoms with Crippen LogP contribution in [0.1, 0.15) is 36.7 Å². The lowest BCUT2D eigenvalue weighted by molar-refractivity contribution is -0.144. The molecule has 5 rings (SSSR count). The highest BCUT2D eigenvalue weighted by molar-refractivity contribution is 6.31. The van der Waals surface area contributed by atoms with Crippen molar-refractivity contribution in [1.82, 2.24) is 34.9 Å². The maximum atomic E-state index is 15.4. The fourth-order valence-electron chi connectivity index (χ4n) is 7.06. The molecular formula is C41H50Cl2FN7O6. The Morgan fingerprint density at radius 2 is 1.75 bits per heavy atom. The lowest BCUT2D eigenvalue weighted by Gasteiger charge is -2.48. The van der Waals surface area contributed by atoms with E-state index in [0.29, 0.717) is 43.1 Å². The molecule has 0 saturated carbocycles. The number of nitrogens with one attached hydrogen (secondary N) is 2. The molecule has 1 saturated heterocycles. The van der Waals surface area contributed by atoms with Crippen LogP contribution in [0.3, 0.4) is 0 Å². The second kappa shape index (κ2) is 19.1. The molecule has 13 nitrogen and oxygen atoms in total. The van der Waals surface area contributed by atoms with E-state index in [2.05, 4.69) is 15.6 Å². The summed E-state index contributed by atoms with van der Waals surface area (Å²) in [7, 11) is 8.97. The van der Waals surface area contributed by atoms with Crippen LogP contribution in [0.2, 0.25) is 10.0 Å². The molecule has 1 aliphatic rings. The number of likely N-dealkylation sites (N-methyl/N-ethyl adjacent to an activating group) is 1. The zero-order valence-electron chi connectivity index (χ0n) is 33.0. The van der Waals surface area contributed by atoms with Crippen LogP contribution in [0.5, 0.6) is 11.5 Å². The molecule has 3 N–H and O–H groups in total. The van der Waals surface area contributed by atoms with Gasteiger partial charge in [0.25, 0.3) is 0 Å².